The summed E-state index contributed by atoms with van der Waals surface area (Å²) in [5.74, 6) is -0.210. The van der Waals surface area contributed by atoms with Crippen LogP contribution in [0.1, 0.15) is 15.9 Å². The highest BCUT2D eigenvalue weighted by atomic mass is 32.2. The van der Waals surface area contributed by atoms with Crippen molar-refractivity contribution in [2.75, 3.05) is 48.9 Å². The van der Waals surface area contributed by atoms with E-state index in [9.17, 15) is 13.2 Å². The highest BCUT2D eigenvalue weighted by molar-refractivity contribution is 7.92. The summed E-state index contributed by atoms with van der Waals surface area (Å²) >= 11 is 0. The van der Waals surface area contributed by atoms with Crippen molar-refractivity contribution in [1.29, 1.82) is 0 Å². The molecule has 0 bridgehead atoms. The number of sulfonamides is 1. The quantitative estimate of drug-likeness (QED) is 0.519. The summed E-state index contributed by atoms with van der Waals surface area (Å²) in [6, 6.07) is 23.5. The van der Waals surface area contributed by atoms with E-state index in [-0.39, 0.29) is 10.8 Å². The molecule has 0 aromatic heterocycles. The average Bonchev–Trinajstić information content (AvgIpc) is 2.86. The topological polar surface area (TPSA) is 81.7 Å². The molecule has 178 valence electrons. The molecule has 7 nitrogen and oxygen atoms in total. The van der Waals surface area contributed by atoms with Gasteiger partial charge in [-0.15, -0.1) is 0 Å². The molecule has 1 fully saturated rings. The average molecular weight is 479 g/mol. The van der Waals surface area contributed by atoms with E-state index in [4.69, 9.17) is 0 Å². The maximum atomic E-state index is 12.6. The first kappa shape index (κ1) is 23.8. The van der Waals surface area contributed by atoms with E-state index < -0.39 is 10.0 Å². The molecule has 0 atom stereocenters. The van der Waals surface area contributed by atoms with Gasteiger partial charge in [0.2, 0.25) is 0 Å². The number of rotatable bonds is 8. The molecule has 1 aliphatic rings. The van der Waals surface area contributed by atoms with Gasteiger partial charge in [0.25, 0.3) is 15.9 Å². The number of carbonyl (C=O) groups is 1. The van der Waals surface area contributed by atoms with Crippen molar-refractivity contribution in [2.45, 2.75) is 11.8 Å². The second kappa shape index (κ2) is 10.7. The monoisotopic (exact) mass is 478 g/mol. The Morgan fingerprint density at radius 2 is 1.50 bits per heavy atom. The van der Waals surface area contributed by atoms with E-state index in [2.05, 4.69) is 44.1 Å². The molecule has 34 heavy (non-hydrogen) atoms. The first-order chi connectivity index (χ1) is 16.4. The largest absolute Gasteiger partial charge is 0.369 e. The number of para-hydroxylation sites is 1. The van der Waals surface area contributed by atoms with Gasteiger partial charge in [0.05, 0.1) is 4.90 Å². The molecule has 0 aliphatic carbocycles. The molecule has 1 aliphatic heterocycles. The van der Waals surface area contributed by atoms with Crippen molar-refractivity contribution >= 4 is 27.3 Å². The molecule has 3 aromatic carbocycles. The summed E-state index contributed by atoms with van der Waals surface area (Å²) in [6.45, 7) is 7.08. The molecule has 0 saturated carbocycles. The van der Waals surface area contributed by atoms with Crippen molar-refractivity contribution in [1.82, 2.24) is 10.2 Å². The zero-order valence-corrected chi connectivity index (χ0v) is 20.1. The number of aryl methyl sites for hydroxylation is 1. The maximum Gasteiger partial charge on any atom is 0.261 e. The molecule has 2 N–H and O–H groups in total. The molecule has 0 unspecified atom stereocenters. The zero-order chi connectivity index (χ0) is 24.0. The Kier molecular flexibility index (Phi) is 7.49. The zero-order valence-electron chi connectivity index (χ0n) is 19.3. The summed E-state index contributed by atoms with van der Waals surface area (Å²) in [7, 11) is -3.72. The number of hydrogen-bond acceptors (Lipinski definition) is 5. The standard InChI is InChI=1S/C26H30N4O3S/c1-21-7-11-23(12-8-21)28-34(32,33)25-13-9-22(10-14-25)26(31)27-15-16-29-17-19-30(20-18-29)24-5-3-2-4-6-24/h2-14,28H,15-20H2,1H3,(H,27,31). The Morgan fingerprint density at radius 3 is 2.15 bits per heavy atom. The molecule has 1 saturated heterocycles. The minimum atomic E-state index is -3.72. The second-order valence-corrected chi connectivity index (χ2v) is 10.1. The minimum Gasteiger partial charge on any atom is -0.369 e. The molecule has 4 rings (SSSR count). The fourth-order valence-corrected chi connectivity index (χ4v) is 4.98. The van der Waals surface area contributed by atoms with Gasteiger partial charge in [0.15, 0.2) is 0 Å². The fraction of sp³-hybridized carbons (Fsp3) is 0.269. The number of carbonyl (C=O) groups excluding carboxylic acids is 1. The summed E-state index contributed by atoms with van der Waals surface area (Å²) in [6.07, 6.45) is 0. The fourth-order valence-electron chi connectivity index (χ4n) is 3.92. The molecule has 0 radical (unpaired) electrons. The van der Waals surface area contributed by atoms with Gasteiger partial charge in [0.1, 0.15) is 0 Å². The number of anilines is 2. The van der Waals surface area contributed by atoms with E-state index >= 15 is 0 Å². The van der Waals surface area contributed by atoms with E-state index in [1.54, 1.807) is 12.1 Å². The van der Waals surface area contributed by atoms with Crippen molar-refractivity contribution in [3.05, 3.63) is 90.0 Å². The number of benzene rings is 3. The number of hydrogen-bond donors (Lipinski definition) is 2. The Hall–Kier alpha value is -3.36. The predicted molar refractivity (Wildman–Crippen MR) is 136 cm³/mol. The maximum absolute atomic E-state index is 12.6. The van der Waals surface area contributed by atoms with Gasteiger partial charge >= 0.3 is 0 Å². The molecule has 8 heteroatoms. The lowest BCUT2D eigenvalue weighted by Gasteiger charge is -2.36. The third-order valence-electron chi connectivity index (χ3n) is 5.94. The van der Waals surface area contributed by atoms with Crippen LogP contribution in [0.4, 0.5) is 11.4 Å². The number of amides is 1. The van der Waals surface area contributed by atoms with Gasteiger partial charge in [0, 0.05) is 56.2 Å². The second-order valence-electron chi connectivity index (χ2n) is 8.42. The normalized spacial score (nSPS) is 14.6. The lowest BCUT2D eigenvalue weighted by Crippen LogP contribution is -2.48. The molecule has 1 heterocycles. The van der Waals surface area contributed by atoms with Crippen LogP contribution in [0.2, 0.25) is 0 Å². The van der Waals surface area contributed by atoms with Crippen LogP contribution in [0, 0.1) is 6.92 Å². The van der Waals surface area contributed by atoms with Gasteiger partial charge in [-0.25, -0.2) is 8.42 Å². The third-order valence-corrected chi connectivity index (χ3v) is 7.34. The van der Waals surface area contributed by atoms with E-state index in [0.717, 1.165) is 38.3 Å². The van der Waals surface area contributed by atoms with Crippen LogP contribution in [-0.4, -0.2) is 58.5 Å². The highest BCUT2D eigenvalue weighted by Crippen LogP contribution is 2.18. The van der Waals surface area contributed by atoms with Crippen LogP contribution in [0.25, 0.3) is 0 Å². The number of nitrogens with one attached hydrogen (secondary N) is 2. The van der Waals surface area contributed by atoms with Crippen LogP contribution in [0.3, 0.4) is 0 Å². The van der Waals surface area contributed by atoms with Crippen LogP contribution in [0.5, 0.6) is 0 Å². The van der Waals surface area contributed by atoms with Crippen LogP contribution >= 0.6 is 0 Å². The van der Waals surface area contributed by atoms with Gasteiger partial charge < -0.3 is 10.2 Å². The Balaban J connectivity index is 1.23. The van der Waals surface area contributed by atoms with E-state index in [0.29, 0.717) is 17.8 Å². The smallest absolute Gasteiger partial charge is 0.261 e. The van der Waals surface area contributed by atoms with Crippen molar-refractivity contribution in [2.24, 2.45) is 0 Å². The van der Waals surface area contributed by atoms with Crippen LogP contribution in [-0.2, 0) is 10.0 Å². The lowest BCUT2D eigenvalue weighted by molar-refractivity contribution is 0.0947. The first-order valence-electron chi connectivity index (χ1n) is 11.4. The lowest BCUT2D eigenvalue weighted by atomic mass is 10.2. The van der Waals surface area contributed by atoms with Gasteiger partial charge in [-0.3, -0.25) is 14.4 Å². The van der Waals surface area contributed by atoms with Crippen molar-refractivity contribution in [3.8, 4) is 0 Å². The highest BCUT2D eigenvalue weighted by Gasteiger charge is 2.18. The molecular weight excluding hydrogens is 448 g/mol. The van der Waals surface area contributed by atoms with E-state index in [1.807, 2.05) is 25.1 Å². The SMILES string of the molecule is Cc1ccc(NS(=O)(=O)c2ccc(C(=O)NCCN3CCN(c4ccccc4)CC3)cc2)cc1. The molecule has 0 spiro atoms. The number of nitrogens with zero attached hydrogens (tertiary/aromatic N) is 2. The van der Waals surface area contributed by atoms with Crippen molar-refractivity contribution in [3.63, 3.8) is 0 Å². The molecular formula is C26H30N4O3S. The molecule has 3 aromatic rings. The Bertz CT molecular complexity index is 1190. The summed E-state index contributed by atoms with van der Waals surface area (Å²) in [5, 5.41) is 2.93. The first-order valence-corrected chi connectivity index (χ1v) is 12.9. The number of piperazine rings is 1. The van der Waals surface area contributed by atoms with Crippen LogP contribution < -0.4 is 14.9 Å². The summed E-state index contributed by atoms with van der Waals surface area (Å²) < 4.78 is 27.8. The van der Waals surface area contributed by atoms with Gasteiger partial charge in [-0.1, -0.05) is 35.9 Å². The van der Waals surface area contributed by atoms with Crippen LogP contribution in [0.15, 0.2) is 83.8 Å². The third kappa shape index (κ3) is 6.15. The predicted octanol–water partition coefficient (Wildman–Crippen LogP) is 3.35. The van der Waals surface area contributed by atoms with Gasteiger partial charge in [-0.2, -0.15) is 0 Å². The van der Waals surface area contributed by atoms with E-state index in [1.165, 1.54) is 30.0 Å². The Labute approximate surface area is 201 Å². The van der Waals surface area contributed by atoms with Gasteiger partial charge in [-0.05, 0) is 55.5 Å². The minimum absolute atomic E-state index is 0.112. The Morgan fingerprint density at radius 1 is 0.853 bits per heavy atom. The summed E-state index contributed by atoms with van der Waals surface area (Å²) in [4.78, 5) is 17.3. The molecule has 1 amide bonds. The van der Waals surface area contributed by atoms with Crippen molar-refractivity contribution < 1.29 is 13.2 Å². The summed E-state index contributed by atoms with van der Waals surface area (Å²) in [5.41, 5.74) is 3.22.